The number of aromatic nitrogens is 2. The maximum absolute atomic E-state index is 5.68. The molecule has 0 atom stereocenters. The van der Waals surface area contributed by atoms with E-state index in [2.05, 4.69) is 25.9 Å². The lowest BCUT2D eigenvalue weighted by atomic mass is 9.92. The second-order valence-electron chi connectivity index (χ2n) is 3.59. The summed E-state index contributed by atoms with van der Waals surface area (Å²) in [5, 5.41) is 4.09. The first kappa shape index (κ1) is 8.60. The van der Waals surface area contributed by atoms with Crippen molar-refractivity contribution in [3.8, 4) is 0 Å². The standard InChI is InChI=1S/C8H13ClN2/c1-8(2,3)7-4-5-10-11(7)6-9/h4-5H,6H2,1-3H3. The van der Waals surface area contributed by atoms with Gasteiger partial charge in [0.25, 0.3) is 0 Å². The van der Waals surface area contributed by atoms with Crippen molar-refractivity contribution in [3.05, 3.63) is 18.0 Å². The number of hydrogen-bond acceptors (Lipinski definition) is 1. The molecule has 0 bridgehead atoms. The minimum absolute atomic E-state index is 0.130. The van der Waals surface area contributed by atoms with Crippen molar-refractivity contribution < 1.29 is 0 Å². The maximum atomic E-state index is 5.68. The van der Waals surface area contributed by atoms with Crippen molar-refractivity contribution in [2.75, 3.05) is 0 Å². The van der Waals surface area contributed by atoms with E-state index in [1.54, 1.807) is 6.20 Å². The van der Waals surface area contributed by atoms with Gasteiger partial charge in [-0.05, 0) is 6.07 Å². The molecule has 0 spiro atoms. The zero-order valence-corrected chi connectivity index (χ0v) is 7.89. The summed E-state index contributed by atoms with van der Waals surface area (Å²) in [6.45, 7) is 6.44. The first-order valence-corrected chi connectivity index (χ1v) is 4.17. The summed E-state index contributed by atoms with van der Waals surface area (Å²) in [6, 6.07) is 2.43. The van der Waals surface area contributed by atoms with E-state index in [9.17, 15) is 0 Å². The highest BCUT2D eigenvalue weighted by Gasteiger charge is 2.17. The molecule has 1 heterocycles. The molecule has 0 unspecified atom stereocenters. The summed E-state index contributed by atoms with van der Waals surface area (Å²) in [7, 11) is 0. The number of alkyl halides is 1. The molecule has 0 radical (unpaired) electrons. The first-order chi connectivity index (χ1) is 5.05. The Kier molecular flexibility index (Phi) is 2.23. The number of rotatable bonds is 1. The molecule has 2 nitrogen and oxygen atoms in total. The molecule has 0 saturated heterocycles. The van der Waals surface area contributed by atoms with Crippen LogP contribution < -0.4 is 0 Å². The van der Waals surface area contributed by atoms with Crippen LogP contribution in [0.1, 0.15) is 26.5 Å². The van der Waals surface area contributed by atoms with Crippen molar-refractivity contribution in [2.24, 2.45) is 0 Å². The van der Waals surface area contributed by atoms with Crippen LogP contribution in [0.25, 0.3) is 0 Å². The Morgan fingerprint density at radius 2 is 2.18 bits per heavy atom. The van der Waals surface area contributed by atoms with Gasteiger partial charge in [0.1, 0.15) is 6.00 Å². The van der Waals surface area contributed by atoms with E-state index >= 15 is 0 Å². The molecule has 0 amide bonds. The van der Waals surface area contributed by atoms with Gasteiger partial charge in [-0.25, -0.2) is 0 Å². The van der Waals surface area contributed by atoms with Crippen LogP contribution in [0.5, 0.6) is 0 Å². The Hall–Kier alpha value is -0.500. The predicted molar refractivity (Wildman–Crippen MR) is 46.8 cm³/mol. The Labute approximate surface area is 72.2 Å². The molecule has 1 aromatic heterocycles. The molecule has 11 heavy (non-hydrogen) atoms. The normalized spacial score (nSPS) is 12.0. The van der Waals surface area contributed by atoms with E-state index in [0.29, 0.717) is 6.00 Å². The second kappa shape index (κ2) is 2.86. The van der Waals surface area contributed by atoms with Gasteiger partial charge in [-0.3, -0.25) is 4.68 Å². The van der Waals surface area contributed by atoms with Gasteiger partial charge in [0.05, 0.1) is 0 Å². The van der Waals surface area contributed by atoms with Crippen LogP contribution in [0.4, 0.5) is 0 Å². The van der Waals surface area contributed by atoms with Crippen LogP contribution in [0.2, 0.25) is 0 Å². The summed E-state index contributed by atoms with van der Waals surface area (Å²) < 4.78 is 1.81. The van der Waals surface area contributed by atoms with Gasteiger partial charge < -0.3 is 0 Å². The third-order valence-corrected chi connectivity index (χ3v) is 1.82. The highest BCUT2D eigenvalue weighted by Crippen LogP contribution is 2.21. The molecule has 0 saturated carbocycles. The Morgan fingerprint density at radius 1 is 1.55 bits per heavy atom. The largest absolute Gasteiger partial charge is 0.254 e. The van der Waals surface area contributed by atoms with Gasteiger partial charge >= 0.3 is 0 Å². The van der Waals surface area contributed by atoms with E-state index in [1.807, 2.05) is 10.7 Å². The fraction of sp³-hybridized carbons (Fsp3) is 0.625. The zero-order valence-electron chi connectivity index (χ0n) is 7.13. The SMILES string of the molecule is CC(C)(C)c1ccnn1CCl. The molecule has 0 fully saturated rings. The quantitative estimate of drug-likeness (QED) is 0.595. The highest BCUT2D eigenvalue weighted by molar-refractivity contribution is 6.15. The molecule has 0 aromatic carbocycles. The third kappa shape index (κ3) is 1.74. The van der Waals surface area contributed by atoms with Crippen LogP contribution in [-0.2, 0) is 11.4 Å². The summed E-state index contributed by atoms with van der Waals surface area (Å²) in [5.41, 5.74) is 1.30. The summed E-state index contributed by atoms with van der Waals surface area (Å²) in [4.78, 5) is 0. The van der Waals surface area contributed by atoms with Crippen molar-refractivity contribution in [3.63, 3.8) is 0 Å². The Balaban J connectivity index is 3.02. The fourth-order valence-corrected chi connectivity index (χ4v) is 1.26. The van der Waals surface area contributed by atoms with Gasteiger partial charge in [-0.15, -0.1) is 11.6 Å². The highest BCUT2D eigenvalue weighted by atomic mass is 35.5. The molecule has 1 aromatic rings. The van der Waals surface area contributed by atoms with E-state index in [0.717, 1.165) is 0 Å². The lowest BCUT2D eigenvalue weighted by molar-refractivity contribution is 0.518. The van der Waals surface area contributed by atoms with Gasteiger partial charge in [0, 0.05) is 17.3 Å². The molecular formula is C8H13ClN2. The molecule has 62 valence electrons. The van der Waals surface area contributed by atoms with Crippen molar-refractivity contribution in [1.29, 1.82) is 0 Å². The molecule has 0 N–H and O–H groups in total. The summed E-state index contributed by atoms with van der Waals surface area (Å²) in [5.74, 6) is 0. The topological polar surface area (TPSA) is 17.8 Å². The minimum Gasteiger partial charge on any atom is -0.254 e. The molecular weight excluding hydrogens is 160 g/mol. The lowest BCUT2D eigenvalue weighted by Gasteiger charge is -2.18. The molecule has 0 aliphatic heterocycles. The van der Waals surface area contributed by atoms with Gasteiger partial charge in [-0.1, -0.05) is 20.8 Å². The fourth-order valence-electron chi connectivity index (χ4n) is 1.07. The average molecular weight is 173 g/mol. The Morgan fingerprint density at radius 3 is 2.55 bits per heavy atom. The van der Waals surface area contributed by atoms with E-state index in [1.165, 1.54) is 5.69 Å². The van der Waals surface area contributed by atoms with E-state index in [-0.39, 0.29) is 5.41 Å². The summed E-state index contributed by atoms with van der Waals surface area (Å²) >= 11 is 5.68. The van der Waals surface area contributed by atoms with Crippen LogP contribution in [0.15, 0.2) is 12.3 Å². The van der Waals surface area contributed by atoms with Crippen LogP contribution in [0.3, 0.4) is 0 Å². The smallest absolute Gasteiger partial charge is 0.115 e. The van der Waals surface area contributed by atoms with Crippen LogP contribution >= 0.6 is 11.6 Å². The average Bonchev–Trinajstić information content (AvgIpc) is 2.31. The van der Waals surface area contributed by atoms with Crippen molar-refractivity contribution >= 4 is 11.6 Å². The number of nitrogens with zero attached hydrogens (tertiary/aromatic N) is 2. The van der Waals surface area contributed by atoms with Gasteiger partial charge in [0.15, 0.2) is 0 Å². The summed E-state index contributed by atoms with van der Waals surface area (Å²) in [6.07, 6.45) is 1.78. The second-order valence-corrected chi connectivity index (χ2v) is 3.82. The van der Waals surface area contributed by atoms with Crippen molar-refractivity contribution in [2.45, 2.75) is 32.2 Å². The van der Waals surface area contributed by atoms with E-state index < -0.39 is 0 Å². The zero-order chi connectivity index (χ0) is 8.48. The van der Waals surface area contributed by atoms with Gasteiger partial charge in [-0.2, -0.15) is 5.10 Å². The molecule has 1 rings (SSSR count). The predicted octanol–water partition coefficient (Wildman–Crippen LogP) is 2.38. The number of halogens is 1. The maximum Gasteiger partial charge on any atom is 0.115 e. The monoisotopic (exact) mass is 172 g/mol. The number of hydrogen-bond donors (Lipinski definition) is 0. The van der Waals surface area contributed by atoms with Crippen LogP contribution in [-0.4, -0.2) is 9.78 Å². The van der Waals surface area contributed by atoms with E-state index in [4.69, 9.17) is 11.6 Å². The molecule has 0 aliphatic rings. The molecule has 0 aliphatic carbocycles. The van der Waals surface area contributed by atoms with Crippen molar-refractivity contribution in [1.82, 2.24) is 9.78 Å². The van der Waals surface area contributed by atoms with Gasteiger partial charge in [0.2, 0.25) is 0 Å². The minimum atomic E-state index is 0.130. The lowest BCUT2D eigenvalue weighted by Crippen LogP contribution is -2.17. The first-order valence-electron chi connectivity index (χ1n) is 3.64. The Bertz CT molecular complexity index is 234. The van der Waals surface area contributed by atoms with Crippen LogP contribution in [0, 0.1) is 0 Å². The molecule has 3 heteroatoms. The third-order valence-electron chi connectivity index (χ3n) is 1.60.